The van der Waals surface area contributed by atoms with Crippen molar-refractivity contribution in [2.24, 2.45) is 0 Å². The van der Waals surface area contributed by atoms with Crippen molar-refractivity contribution in [2.75, 3.05) is 6.54 Å². The number of rotatable bonds is 5. The van der Waals surface area contributed by atoms with E-state index in [0.29, 0.717) is 11.6 Å². The molecule has 0 amide bonds. The zero-order valence-electron chi connectivity index (χ0n) is 12.9. The summed E-state index contributed by atoms with van der Waals surface area (Å²) in [5.74, 6) is -1.09. The normalized spacial score (nSPS) is 18.2. The first kappa shape index (κ1) is 15.7. The molecule has 4 heteroatoms. The van der Waals surface area contributed by atoms with Crippen molar-refractivity contribution < 1.29 is 14.3 Å². The fourth-order valence-electron chi connectivity index (χ4n) is 3.31. The van der Waals surface area contributed by atoms with Gasteiger partial charge in [0.1, 0.15) is 5.82 Å². The summed E-state index contributed by atoms with van der Waals surface area (Å²) in [7, 11) is 0. The Morgan fingerprint density at radius 1 is 1.17 bits per heavy atom. The van der Waals surface area contributed by atoms with Crippen LogP contribution in [-0.2, 0) is 13.0 Å². The standard InChI is InChI=1S/C19H20FNO2/c20-17-7-2-4-14(11-17)12-18-8-3-9-21(18)13-15-5-1-6-16(10-15)19(22)23/h1-2,4-7,10-11,18H,3,8-9,12-13H2,(H,22,23). The maximum atomic E-state index is 13.3. The van der Waals surface area contributed by atoms with Gasteiger partial charge in [0.25, 0.3) is 0 Å². The summed E-state index contributed by atoms with van der Waals surface area (Å²) < 4.78 is 13.3. The van der Waals surface area contributed by atoms with Crippen LogP contribution in [0.3, 0.4) is 0 Å². The Morgan fingerprint density at radius 2 is 1.96 bits per heavy atom. The summed E-state index contributed by atoms with van der Waals surface area (Å²) in [6.07, 6.45) is 3.05. The second kappa shape index (κ2) is 6.92. The minimum atomic E-state index is -0.899. The van der Waals surface area contributed by atoms with Crippen molar-refractivity contribution in [3.63, 3.8) is 0 Å². The highest BCUT2D eigenvalue weighted by Gasteiger charge is 2.24. The van der Waals surface area contributed by atoms with Gasteiger partial charge in [0.2, 0.25) is 0 Å². The zero-order valence-corrected chi connectivity index (χ0v) is 12.9. The number of carboxylic acids is 1. The predicted octanol–water partition coefficient (Wildman–Crippen LogP) is 3.73. The Morgan fingerprint density at radius 3 is 2.74 bits per heavy atom. The average molecular weight is 313 g/mol. The van der Waals surface area contributed by atoms with Crippen LogP contribution in [0, 0.1) is 5.82 Å². The quantitative estimate of drug-likeness (QED) is 0.914. The molecule has 0 spiro atoms. The summed E-state index contributed by atoms with van der Waals surface area (Å²) in [5, 5.41) is 9.09. The molecule has 2 aromatic rings. The Hall–Kier alpha value is -2.20. The SMILES string of the molecule is O=C(O)c1cccc(CN2CCCC2Cc2cccc(F)c2)c1. The number of aromatic carboxylic acids is 1. The summed E-state index contributed by atoms with van der Waals surface area (Å²) in [5.41, 5.74) is 2.35. The summed E-state index contributed by atoms with van der Waals surface area (Å²) in [6.45, 7) is 1.73. The Labute approximate surface area is 135 Å². The zero-order chi connectivity index (χ0) is 16.2. The van der Waals surface area contributed by atoms with Crippen LogP contribution in [0.25, 0.3) is 0 Å². The van der Waals surface area contributed by atoms with Crippen LogP contribution in [0.5, 0.6) is 0 Å². The molecule has 2 aromatic carbocycles. The molecule has 0 saturated carbocycles. The molecule has 1 atom stereocenters. The predicted molar refractivity (Wildman–Crippen MR) is 86.9 cm³/mol. The van der Waals surface area contributed by atoms with E-state index < -0.39 is 5.97 Å². The third-order valence-corrected chi connectivity index (χ3v) is 4.42. The topological polar surface area (TPSA) is 40.5 Å². The van der Waals surface area contributed by atoms with Crippen molar-refractivity contribution in [1.82, 2.24) is 4.90 Å². The van der Waals surface area contributed by atoms with Gasteiger partial charge >= 0.3 is 5.97 Å². The molecule has 1 aliphatic rings. The van der Waals surface area contributed by atoms with Crippen molar-refractivity contribution in [3.05, 3.63) is 71.0 Å². The third kappa shape index (κ3) is 3.96. The molecule has 0 aromatic heterocycles. The third-order valence-electron chi connectivity index (χ3n) is 4.42. The summed E-state index contributed by atoms with van der Waals surface area (Å²) >= 11 is 0. The van der Waals surface area contributed by atoms with Gasteiger partial charge in [-0.25, -0.2) is 9.18 Å². The lowest BCUT2D eigenvalue weighted by Gasteiger charge is -2.24. The second-order valence-electron chi connectivity index (χ2n) is 6.11. The molecule has 0 aliphatic carbocycles. The molecule has 3 nitrogen and oxygen atoms in total. The highest BCUT2D eigenvalue weighted by molar-refractivity contribution is 5.87. The number of halogens is 1. The number of hydrogen-bond acceptors (Lipinski definition) is 2. The van der Waals surface area contributed by atoms with Gasteiger partial charge in [-0.05, 0) is 61.2 Å². The van der Waals surface area contributed by atoms with Crippen LogP contribution >= 0.6 is 0 Å². The number of carboxylic acid groups (broad SMARTS) is 1. The van der Waals surface area contributed by atoms with Gasteiger partial charge < -0.3 is 5.11 Å². The van der Waals surface area contributed by atoms with Crippen LogP contribution in [-0.4, -0.2) is 28.6 Å². The van der Waals surface area contributed by atoms with Gasteiger partial charge in [-0.3, -0.25) is 4.90 Å². The van der Waals surface area contributed by atoms with E-state index in [9.17, 15) is 9.18 Å². The first-order valence-electron chi connectivity index (χ1n) is 7.92. The number of benzene rings is 2. The molecule has 1 N–H and O–H groups in total. The van der Waals surface area contributed by atoms with E-state index in [0.717, 1.165) is 43.5 Å². The maximum Gasteiger partial charge on any atom is 0.335 e. The van der Waals surface area contributed by atoms with Crippen LogP contribution in [0.4, 0.5) is 4.39 Å². The fourth-order valence-corrected chi connectivity index (χ4v) is 3.31. The first-order chi connectivity index (χ1) is 11.1. The number of hydrogen-bond donors (Lipinski definition) is 1. The van der Waals surface area contributed by atoms with Gasteiger partial charge in [0.05, 0.1) is 5.56 Å². The van der Waals surface area contributed by atoms with Gasteiger partial charge in [-0.2, -0.15) is 0 Å². The highest BCUT2D eigenvalue weighted by atomic mass is 19.1. The van der Waals surface area contributed by atoms with E-state index in [1.54, 1.807) is 30.3 Å². The monoisotopic (exact) mass is 313 g/mol. The molecule has 23 heavy (non-hydrogen) atoms. The van der Waals surface area contributed by atoms with E-state index >= 15 is 0 Å². The fraction of sp³-hybridized carbons (Fsp3) is 0.316. The van der Waals surface area contributed by atoms with E-state index in [1.165, 1.54) is 6.07 Å². The van der Waals surface area contributed by atoms with E-state index in [1.807, 2.05) is 12.1 Å². The molecule has 1 saturated heterocycles. The molecular weight excluding hydrogens is 293 g/mol. The van der Waals surface area contributed by atoms with Crippen LogP contribution in [0.1, 0.15) is 34.3 Å². The Bertz CT molecular complexity index is 701. The maximum absolute atomic E-state index is 13.3. The molecule has 1 heterocycles. The van der Waals surface area contributed by atoms with E-state index in [2.05, 4.69) is 4.90 Å². The van der Waals surface area contributed by atoms with Gasteiger partial charge in [-0.1, -0.05) is 24.3 Å². The highest BCUT2D eigenvalue weighted by Crippen LogP contribution is 2.24. The largest absolute Gasteiger partial charge is 0.478 e. The average Bonchev–Trinajstić information content (AvgIpc) is 2.94. The lowest BCUT2D eigenvalue weighted by molar-refractivity contribution is 0.0696. The minimum Gasteiger partial charge on any atom is -0.478 e. The summed E-state index contributed by atoms with van der Waals surface area (Å²) in [6, 6.07) is 14.3. The molecule has 3 rings (SSSR count). The lowest BCUT2D eigenvalue weighted by Crippen LogP contribution is -2.30. The Kier molecular flexibility index (Phi) is 4.72. The molecule has 1 fully saturated rings. The molecule has 0 bridgehead atoms. The van der Waals surface area contributed by atoms with Crippen molar-refractivity contribution in [1.29, 1.82) is 0 Å². The molecule has 1 unspecified atom stereocenters. The van der Waals surface area contributed by atoms with Crippen LogP contribution < -0.4 is 0 Å². The second-order valence-corrected chi connectivity index (χ2v) is 6.11. The van der Waals surface area contributed by atoms with E-state index in [4.69, 9.17) is 5.11 Å². The minimum absolute atomic E-state index is 0.193. The summed E-state index contributed by atoms with van der Waals surface area (Å²) in [4.78, 5) is 13.4. The molecular formula is C19H20FNO2. The van der Waals surface area contributed by atoms with Crippen molar-refractivity contribution in [2.45, 2.75) is 31.8 Å². The number of likely N-dealkylation sites (tertiary alicyclic amines) is 1. The van der Waals surface area contributed by atoms with Crippen LogP contribution in [0.15, 0.2) is 48.5 Å². The number of nitrogens with zero attached hydrogens (tertiary/aromatic N) is 1. The van der Waals surface area contributed by atoms with Crippen molar-refractivity contribution >= 4 is 5.97 Å². The van der Waals surface area contributed by atoms with E-state index in [-0.39, 0.29) is 5.82 Å². The van der Waals surface area contributed by atoms with Gasteiger partial charge in [0, 0.05) is 12.6 Å². The lowest BCUT2D eigenvalue weighted by atomic mass is 10.0. The van der Waals surface area contributed by atoms with Crippen molar-refractivity contribution in [3.8, 4) is 0 Å². The molecule has 1 aliphatic heterocycles. The number of carbonyl (C=O) groups is 1. The molecule has 120 valence electrons. The van der Waals surface area contributed by atoms with Crippen LogP contribution in [0.2, 0.25) is 0 Å². The smallest absolute Gasteiger partial charge is 0.335 e. The van der Waals surface area contributed by atoms with Gasteiger partial charge in [0.15, 0.2) is 0 Å². The van der Waals surface area contributed by atoms with Gasteiger partial charge in [-0.15, -0.1) is 0 Å². The molecule has 0 radical (unpaired) electrons. The Balaban J connectivity index is 1.69. The first-order valence-corrected chi connectivity index (χ1v) is 7.92.